The quantitative estimate of drug-likeness (QED) is 0.832. The lowest BCUT2D eigenvalue weighted by molar-refractivity contribution is 0.00534. The Kier molecular flexibility index (Phi) is 3.29. The summed E-state index contributed by atoms with van der Waals surface area (Å²) in [6, 6.07) is 4.48. The van der Waals surface area contributed by atoms with Gasteiger partial charge in [0.25, 0.3) is 5.56 Å². The minimum absolute atomic E-state index is 0.0254. The van der Waals surface area contributed by atoms with E-state index in [-0.39, 0.29) is 17.0 Å². The zero-order valence-corrected chi connectivity index (χ0v) is 10.5. The number of nitrogens with zero attached hydrogens (tertiary/aromatic N) is 2. The molecule has 2 aromatic rings. The van der Waals surface area contributed by atoms with Crippen molar-refractivity contribution in [3.63, 3.8) is 0 Å². The standard InChI is InChI=1S/C14H15FN2O2/c15-11-5-3-6-12-13(11)14(18)17(9-16-12)8-10-4-1-2-7-19-10/h3,5-6,9-10H,1-2,4,7-8H2. The Labute approximate surface area is 109 Å². The van der Waals surface area contributed by atoms with Crippen LogP contribution in [0, 0.1) is 5.82 Å². The summed E-state index contributed by atoms with van der Waals surface area (Å²) in [6.45, 7) is 1.17. The Morgan fingerprint density at radius 2 is 2.32 bits per heavy atom. The fraction of sp³-hybridized carbons (Fsp3) is 0.429. The second-order valence-electron chi connectivity index (χ2n) is 4.82. The van der Waals surface area contributed by atoms with Crippen LogP contribution in [0.25, 0.3) is 10.9 Å². The monoisotopic (exact) mass is 262 g/mol. The van der Waals surface area contributed by atoms with Crippen LogP contribution in [0.15, 0.2) is 29.3 Å². The van der Waals surface area contributed by atoms with Gasteiger partial charge in [0, 0.05) is 6.61 Å². The highest BCUT2D eigenvalue weighted by Gasteiger charge is 2.16. The molecule has 0 saturated carbocycles. The number of rotatable bonds is 2. The molecule has 1 aromatic carbocycles. The van der Waals surface area contributed by atoms with Gasteiger partial charge in [-0.2, -0.15) is 0 Å². The number of hydrogen-bond acceptors (Lipinski definition) is 3. The number of aromatic nitrogens is 2. The zero-order valence-electron chi connectivity index (χ0n) is 10.5. The van der Waals surface area contributed by atoms with Gasteiger partial charge in [0.05, 0.1) is 24.5 Å². The zero-order chi connectivity index (χ0) is 13.2. The fourth-order valence-corrected chi connectivity index (χ4v) is 2.46. The molecule has 19 heavy (non-hydrogen) atoms. The van der Waals surface area contributed by atoms with E-state index in [2.05, 4.69) is 4.98 Å². The molecule has 1 fully saturated rings. The predicted molar refractivity (Wildman–Crippen MR) is 69.6 cm³/mol. The maximum Gasteiger partial charge on any atom is 0.264 e. The number of halogens is 1. The van der Waals surface area contributed by atoms with E-state index in [1.165, 1.54) is 17.0 Å². The predicted octanol–water partition coefficient (Wildman–Crippen LogP) is 2.10. The summed E-state index contributed by atoms with van der Waals surface area (Å²) in [5.74, 6) is -0.520. The van der Waals surface area contributed by atoms with Crippen molar-refractivity contribution in [2.45, 2.75) is 31.9 Å². The van der Waals surface area contributed by atoms with Crippen LogP contribution in [0.4, 0.5) is 4.39 Å². The van der Waals surface area contributed by atoms with Crippen LogP contribution in [0.5, 0.6) is 0 Å². The SMILES string of the molecule is O=c1c2c(F)cccc2ncn1CC1CCCCO1. The van der Waals surface area contributed by atoms with E-state index in [0.29, 0.717) is 12.1 Å². The van der Waals surface area contributed by atoms with Crippen LogP contribution < -0.4 is 5.56 Å². The average molecular weight is 262 g/mol. The highest BCUT2D eigenvalue weighted by atomic mass is 19.1. The fourth-order valence-electron chi connectivity index (χ4n) is 2.46. The molecule has 100 valence electrons. The van der Waals surface area contributed by atoms with Gasteiger partial charge in [-0.05, 0) is 31.4 Å². The molecule has 1 atom stereocenters. The Balaban J connectivity index is 1.98. The molecule has 0 radical (unpaired) electrons. The summed E-state index contributed by atoms with van der Waals surface area (Å²) < 4.78 is 20.8. The lowest BCUT2D eigenvalue weighted by atomic mass is 10.1. The van der Waals surface area contributed by atoms with Crippen molar-refractivity contribution in [1.82, 2.24) is 9.55 Å². The van der Waals surface area contributed by atoms with Crippen molar-refractivity contribution in [2.24, 2.45) is 0 Å². The Morgan fingerprint density at radius 1 is 1.42 bits per heavy atom. The van der Waals surface area contributed by atoms with Gasteiger partial charge in [-0.25, -0.2) is 9.37 Å². The van der Waals surface area contributed by atoms with Gasteiger partial charge in [-0.1, -0.05) is 6.07 Å². The first-order valence-corrected chi connectivity index (χ1v) is 6.51. The van der Waals surface area contributed by atoms with Crippen molar-refractivity contribution in [2.75, 3.05) is 6.61 Å². The molecule has 0 amide bonds. The molecule has 0 bridgehead atoms. The highest BCUT2D eigenvalue weighted by molar-refractivity contribution is 5.77. The molecule has 0 aliphatic carbocycles. The maximum atomic E-state index is 13.7. The Hall–Kier alpha value is -1.75. The summed E-state index contributed by atoms with van der Waals surface area (Å²) in [5.41, 5.74) is 0.0584. The van der Waals surface area contributed by atoms with E-state index >= 15 is 0 Å². The van der Waals surface area contributed by atoms with Gasteiger partial charge in [-0.15, -0.1) is 0 Å². The summed E-state index contributed by atoms with van der Waals surface area (Å²) >= 11 is 0. The second-order valence-corrected chi connectivity index (χ2v) is 4.82. The number of benzene rings is 1. The Morgan fingerprint density at radius 3 is 3.11 bits per heavy atom. The van der Waals surface area contributed by atoms with Crippen molar-refractivity contribution >= 4 is 10.9 Å². The first kappa shape index (κ1) is 12.3. The lowest BCUT2D eigenvalue weighted by Crippen LogP contribution is -2.31. The molecule has 0 spiro atoms. The topological polar surface area (TPSA) is 44.1 Å². The molecule has 4 nitrogen and oxygen atoms in total. The normalized spacial score (nSPS) is 19.7. The number of fused-ring (bicyclic) bond motifs is 1. The largest absolute Gasteiger partial charge is 0.376 e. The molecular formula is C14H15FN2O2. The minimum Gasteiger partial charge on any atom is -0.376 e. The van der Waals surface area contributed by atoms with E-state index in [1.807, 2.05) is 0 Å². The smallest absolute Gasteiger partial charge is 0.264 e. The highest BCUT2D eigenvalue weighted by Crippen LogP contribution is 2.15. The van der Waals surface area contributed by atoms with Crippen LogP contribution in [0.3, 0.4) is 0 Å². The Bertz CT molecular complexity index is 647. The molecule has 1 unspecified atom stereocenters. The second kappa shape index (κ2) is 5.09. The summed E-state index contributed by atoms with van der Waals surface area (Å²) in [7, 11) is 0. The molecule has 3 rings (SSSR count). The van der Waals surface area contributed by atoms with Crippen molar-refractivity contribution in [3.8, 4) is 0 Å². The molecule has 1 aliphatic rings. The molecular weight excluding hydrogens is 247 g/mol. The first-order chi connectivity index (χ1) is 9.25. The van der Waals surface area contributed by atoms with E-state index in [4.69, 9.17) is 4.74 Å². The van der Waals surface area contributed by atoms with E-state index in [9.17, 15) is 9.18 Å². The third kappa shape index (κ3) is 2.38. The van der Waals surface area contributed by atoms with Gasteiger partial charge in [0.1, 0.15) is 11.2 Å². The van der Waals surface area contributed by atoms with E-state index in [0.717, 1.165) is 25.9 Å². The van der Waals surface area contributed by atoms with Crippen LogP contribution >= 0.6 is 0 Å². The van der Waals surface area contributed by atoms with Crippen LogP contribution in [-0.4, -0.2) is 22.3 Å². The molecule has 1 aromatic heterocycles. The number of ether oxygens (including phenoxy) is 1. The van der Waals surface area contributed by atoms with Crippen LogP contribution in [0.1, 0.15) is 19.3 Å². The summed E-state index contributed by atoms with van der Waals surface area (Å²) in [5, 5.41) is 0.0563. The van der Waals surface area contributed by atoms with Gasteiger partial charge >= 0.3 is 0 Å². The maximum absolute atomic E-state index is 13.7. The average Bonchev–Trinajstić information content (AvgIpc) is 2.43. The summed E-state index contributed by atoms with van der Waals surface area (Å²) in [6.07, 6.45) is 4.60. The minimum atomic E-state index is -0.520. The first-order valence-electron chi connectivity index (χ1n) is 6.51. The lowest BCUT2D eigenvalue weighted by Gasteiger charge is -2.23. The van der Waals surface area contributed by atoms with Crippen molar-refractivity contribution in [3.05, 3.63) is 40.7 Å². The third-order valence-electron chi connectivity index (χ3n) is 3.48. The molecule has 5 heteroatoms. The molecule has 0 N–H and O–H groups in total. The number of hydrogen-bond donors (Lipinski definition) is 0. The van der Waals surface area contributed by atoms with Gasteiger partial charge in [0.15, 0.2) is 0 Å². The van der Waals surface area contributed by atoms with Crippen LogP contribution in [-0.2, 0) is 11.3 Å². The van der Waals surface area contributed by atoms with Crippen molar-refractivity contribution in [1.29, 1.82) is 0 Å². The molecule has 1 saturated heterocycles. The van der Waals surface area contributed by atoms with E-state index in [1.54, 1.807) is 12.1 Å². The van der Waals surface area contributed by atoms with E-state index < -0.39 is 5.82 Å². The van der Waals surface area contributed by atoms with Gasteiger partial charge in [-0.3, -0.25) is 9.36 Å². The third-order valence-corrected chi connectivity index (χ3v) is 3.48. The molecule has 1 aliphatic heterocycles. The summed E-state index contributed by atoms with van der Waals surface area (Å²) in [4.78, 5) is 16.4. The van der Waals surface area contributed by atoms with Crippen LogP contribution in [0.2, 0.25) is 0 Å². The molecule has 2 heterocycles. The van der Waals surface area contributed by atoms with Gasteiger partial charge in [0.2, 0.25) is 0 Å². The van der Waals surface area contributed by atoms with Crippen molar-refractivity contribution < 1.29 is 9.13 Å². The van der Waals surface area contributed by atoms with Gasteiger partial charge < -0.3 is 4.74 Å².